The van der Waals surface area contributed by atoms with Crippen molar-refractivity contribution < 1.29 is 22.7 Å². The summed E-state index contributed by atoms with van der Waals surface area (Å²) in [7, 11) is 0. The van der Waals surface area contributed by atoms with E-state index in [1.165, 1.54) is 4.90 Å². The van der Waals surface area contributed by atoms with Crippen LogP contribution < -0.4 is 0 Å². The Hall–Kier alpha value is -1.47. The fourth-order valence-electron chi connectivity index (χ4n) is 2.81. The lowest BCUT2D eigenvalue weighted by molar-refractivity contribution is -0.135. The summed E-state index contributed by atoms with van der Waals surface area (Å²) < 4.78 is 45.6. The van der Waals surface area contributed by atoms with Crippen molar-refractivity contribution >= 4 is 39.1 Å². The molecule has 0 saturated carbocycles. The maximum Gasteiger partial charge on any atom is 0.425 e. The number of benzene rings is 1. The molecule has 3 rings (SSSR count). The molecule has 2 heterocycles. The summed E-state index contributed by atoms with van der Waals surface area (Å²) >= 11 is 6.87. The molecule has 0 aliphatic carbocycles. The van der Waals surface area contributed by atoms with Crippen LogP contribution >= 0.6 is 22.9 Å². The molecule has 1 aromatic heterocycles. The van der Waals surface area contributed by atoms with Gasteiger partial charge in [-0.25, -0.2) is 4.79 Å². The van der Waals surface area contributed by atoms with Gasteiger partial charge in [0.2, 0.25) is 0 Å². The van der Waals surface area contributed by atoms with E-state index in [1.54, 1.807) is 19.1 Å². The maximum absolute atomic E-state index is 13.4. The third kappa shape index (κ3) is 2.87. The van der Waals surface area contributed by atoms with Crippen molar-refractivity contribution in [3.05, 3.63) is 33.2 Å². The summed E-state index contributed by atoms with van der Waals surface area (Å²) in [4.78, 5) is 12.6. The van der Waals surface area contributed by atoms with E-state index in [0.717, 1.165) is 0 Å². The van der Waals surface area contributed by atoms with Gasteiger partial charge >= 0.3 is 12.3 Å². The van der Waals surface area contributed by atoms with E-state index in [0.29, 0.717) is 38.4 Å². The van der Waals surface area contributed by atoms with Gasteiger partial charge in [-0.2, -0.15) is 13.2 Å². The summed E-state index contributed by atoms with van der Waals surface area (Å²) in [6.45, 7) is 1.98. The zero-order valence-electron chi connectivity index (χ0n) is 12.2. The third-order valence-corrected chi connectivity index (χ3v) is 5.37. The second-order valence-electron chi connectivity index (χ2n) is 5.18. The highest BCUT2D eigenvalue weighted by Gasteiger charge is 2.39. The van der Waals surface area contributed by atoms with Crippen LogP contribution in [0.25, 0.3) is 10.1 Å². The van der Waals surface area contributed by atoms with Gasteiger partial charge in [0.1, 0.15) is 4.88 Å². The molecule has 0 spiro atoms. The van der Waals surface area contributed by atoms with Crippen LogP contribution in [0.15, 0.2) is 12.1 Å². The van der Waals surface area contributed by atoms with Crippen LogP contribution in [0.5, 0.6) is 0 Å². The molecular weight excluding hydrogens is 351 g/mol. The summed E-state index contributed by atoms with van der Waals surface area (Å²) in [5.74, 6) is 0. The zero-order valence-corrected chi connectivity index (χ0v) is 13.7. The lowest BCUT2D eigenvalue weighted by atomic mass is 10.0. The van der Waals surface area contributed by atoms with E-state index in [-0.39, 0.29) is 25.3 Å². The molecule has 8 heteroatoms. The first-order valence-electron chi connectivity index (χ1n) is 7.04. The molecule has 1 aliphatic rings. The molecule has 0 bridgehead atoms. The fraction of sp³-hybridized carbons (Fsp3) is 0.400. The van der Waals surface area contributed by atoms with Crippen molar-refractivity contribution in [2.24, 2.45) is 0 Å². The number of carbonyl (C=O) groups is 1. The molecule has 1 aliphatic heterocycles. The molecule has 1 aromatic carbocycles. The quantitative estimate of drug-likeness (QED) is 0.706. The first kappa shape index (κ1) is 16.4. The average Bonchev–Trinajstić information content (AvgIpc) is 2.71. The maximum atomic E-state index is 13.4. The number of hydrogen-bond acceptors (Lipinski definition) is 3. The Bertz CT molecular complexity index is 772. The van der Waals surface area contributed by atoms with Crippen LogP contribution in [-0.4, -0.2) is 24.1 Å². The number of amides is 1. The van der Waals surface area contributed by atoms with Crippen molar-refractivity contribution in [3.63, 3.8) is 0 Å². The number of halogens is 4. The van der Waals surface area contributed by atoms with Gasteiger partial charge in [-0.05, 0) is 31.0 Å². The molecule has 3 nitrogen and oxygen atoms in total. The smallest absolute Gasteiger partial charge is 0.425 e. The van der Waals surface area contributed by atoms with Gasteiger partial charge in [0, 0.05) is 27.2 Å². The van der Waals surface area contributed by atoms with Crippen LogP contribution in [0.4, 0.5) is 18.0 Å². The van der Waals surface area contributed by atoms with Gasteiger partial charge < -0.3 is 9.64 Å². The molecule has 0 radical (unpaired) electrons. The molecule has 2 aromatic rings. The molecular formula is C15H13ClF3NO2S. The van der Waals surface area contributed by atoms with E-state index in [9.17, 15) is 18.0 Å². The number of alkyl halides is 3. The van der Waals surface area contributed by atoms with E-state index in [1.807, 2.05) is 0 Å². The number of thiophene rings is 1. The van der Waals surface area contributed by atoms with Crippen LogP contribution in [0.1, 0.15) is 22.9 Å². The first-order valence-corrected chi connectivity index (χ1v) is 8.24. The summed E-state index contributed by atoms with van der Waals surface area (Å²) in [6.07, 6.45) is -4.67. The number of carbonyl (C=O) groups excluding carboxylic acids is 1. The molecule has 124 valence electrons. The molecule has 23 heavy (non-hydrogen) atoms. The van der Waals surface area contributed by atoms with Crippen molar-refractivity contribution in [2.45, 2.75) is 26.1 Å². The summed E-state index contributed by atoms with van der Waals surface area (Å²) in [5, 5.41) is 0.956. The van der Waals surface area contributed by atoms with E-state index in [2.05, 4.69) is 0 Å². The molecule has 1 amide bonds. The number of hydrogen-bond donors (Lipinski definition) is 0. The lowest BCUT2D eigenvalue weighted by Crippen LogP contribution is -2.32. The van der Waals surface area contributed by atoms with Crippen molar-refractivity contribution in [2.75, 3.05) is 13.2 Å². The summed E-state index contributed by atoms with van der Waals surface area (Å²) in [6, 6.07) is 3.21. The monoisotopic (exact) mass is 363 g/mol. The van der Waals surface area contributed by atoms with E-state index < -0.39 is 17.1 Å². The lowest BCUT2D eigenvalue weighted by Gasteiger charge is -2.20. The van der Waals surface area contributed by atoms with Crippen molar-refractivity contribution in [1.29, 1.82) is 0 Å². The normalized spacial score (nSPS) is 14.9. The average molecular weight is 364 g/mol. The minimum Gasteiger partial charge on any atom is -0.450 e. The van der Waals surface area contributed by atoms with E-state index in [4.69, 9.17) is 16.3 Å². The highest BCUT2D eigenvalue weighted by molar-refractivity contribution is 7.19. The Morgan fingerprint density at radius 3 is 2.78 bits per heavy atom. The van der Waals surface area contributed by atoms with Crippen LogP contribution in [-0.2, 0) is 23.9 Å². The second kappa shape index (κ2) is 5.87. The Balaban J connectivity index is 2.18. The SMILES string of the molecule is CCOC(=O)N1CCc2c(Cl)ccc3sc(C(F)(F)F)c(c23)C1. The predicted molar refractivity (Wildman–Crippen MR) is 83.0 cm³/mol. The highest BCUT2D eigenvalue weighted by atomic mass is 35.5. The topological polar surface area (TPSA) is 29.5 Å². The Morgan fingerprint density at radius 1 is 1.39 bits per heavy atom. The Kier molecular flexibility index (Phi) is 4.18. The Labute approximate surface area is 139 Å². The Morgan fingerprint density at radius 2 is 2.13 bits per heavy atom. The van der Waals surface area contributed by atoms with Gasteiger partial charge in [0.15, 0.2) is 0 Å². The van der Waals surface area contributed by atoms with Crippen LogP contribution in [0.3, 0.4) is 0 Å². The molecule has 0 atom stereocenters. The van der Waals surface area contributed by atoms with Crippen molar-refractivity contribution in [1.82, 2.24) is 4.90 Å². The minimum atomic E-state index is -4.46. The molecule has 0 N–H and O–H groups in total. The third-order valence-electron chi connectivity index (χ3n) is 3.77. The predicted octanol–water partition coefficient (Wildman–Crippen LogP) is 5.09. The van der Waals surface area contributed by atoms with Gasteiger partial charge in [-0.1, -0.05) is 11.6 Å². The summed E-state index contributed by atoms with van der Waals surface area (Å²) in [5.41, 5.74) is 0.776. The van der Waals surface area contributed by atoms with E-state index >= 15 is 0 Å². The number of nitrogens with zero attached hydrogens (tertiary/aromatic N) is 1. The molecule has 0 saturated heterocycles. The largest absolute Gasteiger partial charge is 0.450 e. The molecule has 0 unspecified atom stereocenters. The highest BCUT2D eigenvalue weighted by Crippen LogP contribution is 2.46. The fourth-order valence-corrected chi connectivity index (χ4v) is 4.18. The molecule has 0 fully saturated rings. The number of ether oxygens (including phenoxy) is 1. The van der Waals surface area contributed by atoms with Crippen molar-refractivity contribution in [3.8, 4) is 0 Å². The van der Waals surface area contributed by atoms with Crippen LogP contribution in [0.2, 0.25) is 5.02 Å². The van der Waals surface area contributed by atoms with Gasteiger partial charge in [-0.3, -0.25) is 0 Å². The minimum absolute atomic E-state index is 0.112. The standard InChI is InChI=1S/C15H13ClF3NO2S/c1-2-22-14(21)20-6-5-8-10(16)3-4-11-12(8)9(7-20)13(23-11)15(17,18)19/h3-4H,2,5-7H2,1H3. The van der Waals surface area contributed by atoms with Crippen LogP contribution in [0, 0.1) is 0 Å². The zero-order chi connectivity index (χ0) is 16.8. The number of rotatable bonds is 1. The van der Waals surface area contributed by atoms with Gasteiger partial charge in [0.25, 0.3) is 0 Å². The second-order valence-corrected chi connectivity index (χ2v) is 6.64. The van der Waals surface area contributed by atoms with Gasteiger partial charge in [0.05, 0.1) is 13.2 Å². The van der Waals surface area contributed by atoms with Gasteiger partial charge in [-0.15, -0.1) is 11.3 Å². The first-order chi connectivity index (χ1) is 10.8.